The largest absolute Gasteiger partial charge is 0.378 e. The fourth-order valence-electron chi connectivity index (χ4n) is 2.69. The fraction of sp³-hybridized carbons (Fsp3) is 0.588. The molecule has 116 valence electrons. The number of ether oxygens (including phenoxy) is 1. The van der Waals surface area contributed by atoms with Crippen LogP contribution in [0.15, 0.2) is 24.3 Å². The van der Waals surface area contributed by atoms with Crippen molar-refractivity contribution in [1.82, 2.24) is 4.90 Å². The molecular weight excluding hydrogens is 264 g/mol. The molecule has 0 aromatic heterocycles. The van der Waals surface area contributed by atoms with E-state index in [1.54, 1.807) is 0 Å². The van der Waals surface area contributed by atoms with Gasteiger partial charge < -0.3 is 15.4 Å². The fourth-order valence-corrected chi connectivity index (χ4v) is 2.69. The Morgan fingerprint density at radius 2 is 2.05 bits per heavy atom. The van der Waals surface area contributed by atoms with Crippen LogP contribution in [0.1, 0.15) is 30.4 Å². The number of nitrogens with two attached hydrogens (primary N) is 1. The van der Waals surface area contributed by atoms with Crippen LogP contribution < -0.4 is 5.73 Å². The topological polar surface area (TPSA) is 55.6 Å². The number of hydrogen-bond donors (Lipinski definition) is 1. The van der Waals surface area contributed by atoms with Crippen molar-refractivity contribution in [3.8, 4) is 0 Å². The van der Waals surface area contributed by atoms with Crippen molar-refractivity contribution in [3.63, 3.8) is 0 Å². The predicted octanol–water partition coefficient (Wildman–Crippen LogP) is 1.89. The Bertz CT molecular complexity index is 454. The van der Waals surface area contributed by atoms with Gasteiger partial charge in [-0.15, -0.1) is 0 Å². The first-order valence-electron chi connectivity index (χ1n) is 7.84. The third kappa shape index (κ3) is 4.83. The molecule has 0 bridgehead atoms. The molecule has 0 spiro atoms. The van der Waals surface area contributed by atoms with Crippen molar-refractivity contribution in [2.45, 2.75) is 38.7 Å². The number of carbonyl (C=O) groups is 1. The van der Waals surface area contributed by atoms with Crippen LogP contribution >= 0.6 is 0 Å². The van der Waals surface area contributed by atoms with Gasteiger partial charge in [0.25, 0.3) is 0 Å². The first-order chi connectivity index (χ1) is 10.2. The summed E-state index contributed by atoms with van der Waals surface area (Å²) in [5.41, 5.74) is 7.77. The average Bonchev–Trinajstić information content (AvgIpc) is 2.50. The van der Waals surface area contributed by atoms with Crippen molar-refractivity contribution in [2.24, 2.45) is 5.73 Å². The van der Waals surface area contributed by atoms with Crippen LogP contribution in [0, 0.1) is 6.92 Å². The molecule has 1 aliphatic heterocycles. The molecule has 4 heteroatoms. The lowest BCUT2D eigenvalue weighted by atomic mass is 10.0. The van der Waals surface area contributed by atoms with Gasteiger partial charge in [-0.2, -0.15) is 0 Å². The van der Waals surface area contributed by atoms with E-state index in [-0.39, 0.29) is 5.91 Å². The summed E-state index contributed by atoms with van der Waals surface area (Å²) >= 11 is 0. The quantitative estimate of drug-likeness (QED) is 0.814. The lowest BCUT2D eigenvalue weighted by molar-refractivity contribution is -0.133. The summed E-state index contributed by atoms with van der Waals surface area (Å²) in [5.74, 6) is 0.227. The van der Waals surface area contributed by atoms with E-state index in [4.69, 9.17) is 10.5 Å². The van der Waals surface area contributed by atoms with E-state index in [0.29, 0.717) is 19.1 Å². The normalized spacial score (nSPS) is 16.2. The summed E-state index contributed by atoms with van der Waals surface area (Å²) in [6.07, 6.45) is 3.57. The predicted molar refractivity (Wildman–Crippen MR) is 84.1 cm³/mol. The molecule has 1 amide bonds. The standard InChI is InChI=1S/C17H26N2O2/c1-14-5-2-3-6-15(14)13-17(20)19-10-7-16(8-11-19)21-12-4-9-18/h2-3,5-6,16H,4,7-13,18H2,1H3. The minimum Gasteiger partial charge on any atom is -0.378 e. The Labute approximate surface area is 127 Å². The first kappa shape index (κ1) is 16.0. The van der Waals surface area contributed by atoms with Crippen LogP contribution in [-0.4, -0.2) is 43.2 Å². The third-order valence-electron chi connectivity index (χ3n) is 4.10. The lowest BCUT2D eigenvalue weighted by Crippen LogP contribution is -2.41. The highest BCUT2D eigenvalue weighted by molar-refractivity contribution is 5.79. The third-order valence-corrected chi connectivity index (χ3v) is 4.10. The number of nitrogens with zero attached hydrogens (tertiary/aromatic N) is 1. The summed E-state index contributed by atoms with van der Waals surface area (Å²) in [6.45, 7) is 5.07. The van der Waals surface area contributed by atoms with E-state index >= 15 is 0 Å². The SMILES string of the molecule is Cc1ccccc1CC(=O)N1CCC(OCCCN)CC1. The highest BCUT2D eigenvalue weighted by atomic mass is 16.5. The van der Waals surface area contributed by atoms with E-state index in [0.717, 1.165) is 44.5 Å². The second-order valence-corrected chi connectivity index (χ2v) is 5.70. The number of carbonyl (C=O) groups excluding carboxylic acids is 1. The highest BCUT2D eigenvalue weighted by Gasteiger charge is 2.23. The van der Waals surface area contributed by atoms with Crippen molar-refractivity contribution < 1.29 is 9.53 Å². The van der Waals surface area contributed by atoms with Crippen molar-refractivity contribution in [3.05, 3.63) is 35.4 Å². The van der Waals surface area contributed by atoms with Crippen molar-refractivity contribution in [1.29, 1.82) is 0 Å². The van der Waals surface area contributed by atoms with E-state index in [9.17, 15) is 4.79 Å². The second-order valence-electron chi connectivity index (χ2n) is 5.70. The van der Waals surface area contributed by atoms with Gasteiger partial charge in [-0.25, -0.2) is 0 Å². The highest BCUT2D eigenvalue weighted by Crippen LogP contribution is 2.16. The Balaban J connectivity index is 1.77. The zero-order chi connectivity index (χ0) is 15.1. The summed E-state index contributed by atoms with van der Waals surface area (Å²) in [4.78, 5) is 14.3. The van der Waals surface area contributed by atoms with E-state index in [1.807, 2.05) is 23.1 Å². The number of hydrogen-bond acceptors (Lipinski definition) is 3. The smallest absolute Gasteiger partial charge is 0.227 e. The van der Waals surface area contributed by atoms with E-state index < -0.39 is 0 Å². The molecule has 0 atom stereocenters. The number of rotatable bonds is 6. The number of likely N-dealkylation sites (tertiary alicyclic amines) is 1. The molecule has 1 aromatic carbocycles. The Morgan fingerprint density at radius 1 is 1.33 bits per heavy atom. The van der Waals surface area contributed by atoms with Gasteiger partial charge in [-0.3, -0.25) is 4.79 Å². The molecule has 0 saturated carbocycles. The Morgan fingerprint density at radius 3 is 2.71 bits per heavy atom. The van der Waals surface area contributed by atoms with Crippen LogP contribution in [0.3, 0.4) is 0 Å². The molecule has 1 saturated heterocycles. The Kier molecular flexibility index (Phi) is 6.21. The molecule has 0 aliphatic carbocycles. The molecule has 4 nitrogen and oxygen atoms in total. The molecule has 21 heavy (non-hydrogen) atoms. The lowest BCUT2D eigenvalue weighted by Gasteiger charge is -2.32. The summed E-state index contributed by atoms with van der Waals surface area (Å²) in [7, 11) is 0. The van der Waals surface area contributed by atoms with Crippen molar-refractivity contribution >= 4 is 5.91 Å². The Hall–Kier alpha value is -1.39. The maximum Gasteiger partial charge on any atom is 0.227 e. The maximum atomic E-state index is 12.4. The van der Waals surface area contributed by atoms with Crippen molar-refractivity contribution in [2.75, 3.05) is 26.2 Å². The molecule has 2 N–H and O–H groups in total. The number of aryl methyl sites for hydroxylation is 1. The molecular formula is C17H26N2O2. The maximum absolute atomic E-state index is 12.4. The molecule has 1 fully saturated rings. The minimum atomic E-state index is 0.227. The van der Waals surface area contributed by atoms with Crippen LogP contribution in [0.4, 0.5) is 0 Å². The minimum absolute atomic E-state index is 0.227. The molecule has 0 radical (unpaired) electrons. The average molecular weight is 290 g/mol. The number of amides is 1. The number of benzene rings is 1. The van der Waals surface area contributed by atoms with Gasteiger partial charge in [0.2, 0.25) is 5.91 Å². The molecule has 1 aromatic rings. The second kappa shape index (κ2) is 8.15. The van der Waals surface area contributed by atoms with Gasteiger partial charge in [0.1, 0.15) is 0 Å². The number of piperidine rings is 1. The summed E-state index contributed by atoms with van der Waals surface area (Å²) in [6, 6.07) is 8.09. The van der Waals surface area contributed by atoms with E-state index in [1.165, 1.54) is 5.56 Å². The zero-order valence-electron chi connectivity index (χ0n) is 12.9. The van der Waals surface area contributed by atoms with Gasteiger partial charge in [-0.05, 0) is 43.9 Å². The van der Waals surface area contributed by atoms with Gasteiger partial charge in [0, 0.05) is 19.7 Å². The van der Waals surface area contributed by atoms with Crippen LogP contribution in [0.5, 0.6) is 0 Å². The van der Waals surface area contributed by atoms with Crippen LogP contribution in [-0.2, 0) is 16.0 Å². The van der Waals surface area contributed by atoms with Crippen LogP contribution in [0.2, 0.25) is 0 Å². The first-order valence-corrected chi connectivity index (χ1v) is 7.84. The molecule has 1 heterocycles. The summed E-state index contributed by atoms with van der Waals surface area (Å²) in [5, 5.41) is 0. The zero-order valence-corrected chi connectivity index (χ0v) is 12.9. The molecule has 2 rings (SSSR count). The summed E-state index contributed by atoms with van der Waals surface area (Å²) < 4.78 is 5.77. The molecule has 0 unspecified atom stereocenters. The van der Waals surface area contributed by atoms with Crippen LogP contribution in [0.25, 0.3) is 0 Å². The molecule has 1 aliphatic rings. The van der Waals surface area contributed by atoms with Gasteiger partial charge in [-0.1, -0.05) is 24.3 Å². The van der Waals surface area contributed by atoms with Gasteiger partial charge in [0.15, 0.2) is 0 Å². The van der Waals surface area contributed by atoms with Gasteiger partial charge in [0.05, 0.1) is 12.5 Å². The van der Waals surface area contributed by atoms with E-state index in [2.05, 4.69) is 13.0 Å². The van der Waals surface area contributed by atoms with Gasteiger partial charge >= 0.3 is 0 Å². The monoisotopic (exact) mass is 290 g/mol.